The van der Waals surface area contributed by atoms with E-state index in [-0.39, 0.29) is 0 Å². The number of carbonyl (C=O) groups is 1. The van der Waals surface area contributed by atoms with Crippen molar-refractivity contribution in [1.29, 1.82) is 0 Å². The lowest BCUT2D eigenvalue weighted by Gasteiger charge is -2.36. The van der Waals surface area contributed by atoms with Crippen molar-refractivity contribution >= 4 is 45.7 Å². The Morgan fingerprint density at radius 2 is 1.72 bits per heavy atom. The summed E-state index contributed by atoms with van der Waals surface area (Å²) in [7, 11) is 0. The molecular weight excluding hydrogens is 354 g/mol. The second-order valence-electron chi connectivity index (χ2n) is 6.19. The summed E-state index contributed by atoms with van der Waals surface area (Å²) in [6.07, 6.45) is -0.629. The quantitative estimate of drug-likeness (QED) is 0.469. The zero-order chi connectivity index (χ0) is 18.0. The molecule has 0 spiro atoms. The van der Waals surface area contributed by atoms with Gasteiger partial charge in [-0.1, -0.05) is 60.4 Å². The monoisotopic (exact) mass is 373 g/mol. The van der Waals surface area contributed by atoms with Gasteiger partial charge in [-0.2, -0.15) is 5.06 Å². The van der Waals surface area contributed by atoms with Crippen molar-refractivity contribution in [3.05, 3.63) is 60.7 Å². The first-order chi connectivity index (χ1) is 11.9. The molecule has 1 heterocycles. The highest BCUT2D eigenvalue weighted by Crippen LogP contribution is 2.44. The molecule has 1 atom stereocenters. The van der Waals surface area contributed by atoms with Gasteiger partial charge in [0.1, 0.15) is 4.32 Å². The Morgan fingerprint density at radius 1 is 1.16 bits per heavy atom. The number of para-hydroxylation sites is 2. The summed E-state index contributed by atoms with van der Waals surface area (Å²) >= 11 is 6.96. The summed E-state index contributed by atoms with van der Waals surface area (Å²) in [6.45, 7) is 3.91. The second-order valence-corrected chi connectivity index (χ2v) is 8.48. The molecule has 0 aromatic heterocycles. The topological polar surface area (TPSA) is 55.8 Å². The van der Waals surface area contributed by atoms with Gasteiger partial charge in [0, 0.05) is 11.4 Å². The van der Waals surface area contributed by atoms with E-state index in [1.165, 1.54) is 11.8 Å². The van der Waals surface area contributed by atoms with Gasteiger partial charge in [0.05, 0.1) is 4.75 Å². The maximum Gasteiger partial charge on any atom is 0.347 e. The largest absolute Gasteiger partial charge is 0.347 e. The van der Waals surface area contributed by atoms with E-state index in [1.54, 1.807) is 12.1 Å². The van der Waals surface area contributed by atoms with E-state index in [9.17, 15) is 10.0 Å². The van der Waals surface area contributed by atoms with Crippen molar-refractivity contribution in [1.82, 2.24) is 5.06 Å². The van der Waals surface area contributed by atoms with Crippen molar-refractivity contribution in [2.45, 2.75) is 24.8 Å². The molecule has 1 fully saturated rings. The minimum atomic E-state index is -0.629. The third kappa shape index (κ3) is 3.63. The summed E-state index contributed by atoms with van der Waals surface area (Å²) < 4.78 is 0.142. The number of hydrogen-bond donors (Lipinski definition) is 2. The Labute approximate surface area is 156 Å². The third-order valence-corrected chi connectivity index (χ3v) is 5.47. The van der Waals surface area contributed by atoms with Gasteiger partial charge < -0.3 is 10.2 Å². The number of amides is 2. The number of thiocarbonyl (C=S) groups is 1. The fraction of sp³-hybridized carbons (Fsp3) is 0.222. The van der Waals surface area contributed by atoms with E-state index in [4.69, 9.17) is 12.2 Å². The number of carbonyl (C=O) groups excluding carboxylic acids is 1. The van der Waals surface area contributed by atoms with Crippen LogP contribution in [0, 0.1) is 0 Å². The van der Waals surface area contributed by atoms with Crippen LogP contribution in [0.2, 0.25) is 0 Å². The van der Waals surface area contributed by atoms with E-state index in [1.807, 2.05) is 67.3 Å². The first kappa shape index (κ1) is 17.7. The van der Waals surface area contributed by atoms with Crippen LogP contribution in [0.3, 0.4) is 0 Å². The van der Waals surface area contributed by atoms with Crippen LogP contribution in [-0.2, 0) is 0 Å². The zero-order valence-corrected chi connectivity index (χ0v) is 15.6. The molecule has 1 aliphatic heterocycles. The summed E-state index contributed by atoms with van der Waals surface area (Å²) in [5, 5.41) is 14.1. The van der Waals surface area contributed by atoms with Gasteiger partial charge in [-0.15, -0.1) is 0 Å². The lowest BCUT2D eigenvalue weighted by atomic mass is 10.1. The highest BCUT2D eigenvalue weighted by molar-refractivity contribution is 8.24. The van der Waals surface area contributed by atoms with Crippen LogP contribution in [-0.4, -0.2) is 31.5 Å². The van der Waals surface area contributed by atoms with Gasteiger partial charge >= 0.3 is 6.03 Å². The van der Waals surface area contributed by atoms with Crippen LogP contribution >= 0.6 is 24.0 Å². The molecule has 0 bridgehead atoms. The lowest BCUT2D eigenvalue weighted by molar-refractivity contribution is -0.0762. The third-order valence-electron chi connectivity index (χ3n) is 3.91. The van der Waals surface area contributed by atoms with Gasteiger partial charge in [-0.05, 0) is 38.1 Å². The molecule has 1 aliphatic rings. The fourth-order valence-corrected chi connectivity index (χ4v) is 4.70. The maximum absolute atomic E-state index is 12.6. The number of benzene rings is 2. The molecule has 2 aromatic rings. The minimum Gasteiger partial charge on any atom is -0.306 e. The van der Waals surface area contributed by atoms with Crippen LogP contribution in [0.25, 0.3) is 0 Å². The Balaban J connectivity index is 1.88. The predicted octanol–water partition coefficient (Wildman–Crippen LogP) is 4.55. The van der Waals surface area contributed by atoms with Crippen LogP contribution in [0.15, 0.2) is 60.7 Å². The lowest BCUT2D eigenvalue weighted by Crippen LogP contribution is -2.55. The number of nitrogens with zero attached hydrogens (tertiary/aromatic N) is 2. The zero-order valence-electron chi connectivity index (χ0n) is 13.9. The second kappa shape index (κ2) is 7.03. The summed E-state index contributed by atoms with van der Waals surface area (Å²) in [5.41, 5.74) is 1.45. The number of rotatable bonds is 3. The highest BCUT2D eigenvalue weighted by atomic mass is 32.2. The van der Waals surface area contributed by atoms with Crippen molar-refractivity contribution in [2.24, 2.45) is 0 Å². The van der Waals surface area contributed by atoms with Crippen molar-refractivity contribution < 1.29 is 10.0 Å². The van der Waals surface area contributed by atoms with E-state index >= 15 is 0 Å². The molecule has 2 N–H and O–H groups in total. The Bertz CT molecular complexity index is 768. The molecular formula is C18H19N3O2S2. The van der Waals surface area contributed by atoms with Gasteiger partial charge in [-0.25, -0.2) is 4.79 Å². The molecule has 5 nitrogen and oxygen atoms in total. The minimum absolute atomic E-state index is 0.476. The highest BCUT2D eigenvalue weighted by Gasteiger charge is 2.50. The van der Waals surface area contributed by atoms with E-state index < -0.39 is 16.9 Å². The van der Waals surface area contributed by atoms with Gasteiger partial charge in [-0.3, -0.25) is 5.21 Å². The van der Waals surface area contributed by atoms with Crippen molar-refractivity contribution in [3.63, 3.8) is 0 Å². The van der Waals surface area contributed by atoms with Crippen LogP contribution in [0.5, 0.6) is 0 Å². The summed E-state index contributed by atoms with van der Waals surface area (Å²) in [6, 6.07) is 17.9. The smallest absolute Gasteiger partial charge is 0.306 e. The molecule has 7 heteroatoms. The number of hydrogen-bond acceptors (Lipinski definition) is 4. The first-order valence-corrected chi connectivity index (χ1v) is 9.04. The maximum atomic E-state index is 12.6. The number of urea groups is 1. The van der Waals surface area contributed by atoms with Crippen LogP contribution in [0.1, 0.15) is 13.8 Å². The summed E-state index contributed by atoms with van der Waals surface area (Å²) in [4.78, 5) is 14.4. The molecule has 3 rings (SSSR count). The Morgan fingerprint density at radius 3 is 2.32 bits per heavy atom. The van der Waals surface area contributed by atoms with Crippen LogP contribution in [0.4, 0.5) is 16.2 Å². The van der Waals surface area contributed by atoms with Crippen molar-refractivity contribution in [2.75, 3.05) is 10.2 Å². The molecule has 0 aliphatic carbocycles. The van der Waals surface area contributed by atoms with Gasteiger partial charge in [0.15, 0.2) is 6.17 Å². The average molecular weight is 374 g/mol. The Hall–Kier alpha value is -2.09. The van der Waals surface area contributed by atoms with Gasteiger partial charge in [0.25, 0.3) is 0 Å². The van der Waals surface area contributed by atoms with Crippen LogP contribution < -0.4 is 10.2 Å². The molecule has 130 valence electrons. The number of anilines is 2. The normalized spacial score (nSPS) is 18.9. The fourth-order valence-electron chi connectivity index (χ4n) is 2.79. The molecule has 0 saturated carbocycles. The van der Waals surface area contributed by atoms with Gasteiger partial charge in [0.2, 0.25) is 0 Å². The van der Waals surface area contributed by atoms with E-state index in [2.05, 4.69) is 5.32 Å². The molecule has 1 unspecified atom stereocenters. The van der Waals surface area contributed by atoms with E-state index in [0.29, 0.717) is 10.0 Å². The summed E-state index contributed by atoms with van der Waals surface area (Å²) in [5.74, 6) is 0. The number of thioether (sulfide) groups is 1. The molecule has 2 aromatic carbocycles. The predicted molar refractivity (Wildman–Crippen MR) is 106 cm³/mol. The average Bonchev–Trinajstić information content (AvgIpc) is 2.84. The molecule has 1 saturated heterocycles. The number of nitrogens with one attached hydrogen (secondary N) is 1. The van der Waals surface area contributed by atoms with E-state index in [0.717, 1.165) is 10.8 Å². The SMILES string of the molecule is CC1(C)SC(=S)N(c2ccccc2)C1N(O)C(=O)Nc1ccccc1. The number of hydroxylamine groups is 2. The Kier molecular flexibility index (Phi) is 4.99. The molecule has 2 amide bonds. The molecule has 0 radical (unpaired) electrons. The first-order valence-electron chi connectivity index (χ1n) is 7.81. The molecule has 25 heavy (non-hydrogen) atoms. The standard InChI is InChI=1S/C18H19N3O2S2/c1-18(2)15(20(17(24)25-18)14-11-7-4-8-12-14)21(23)16(22)19-13-9-5-3-6-10-13/h3-12,15,23H,1-2H3,(H,19,22). The van der Waals surface area contributed by atoms with Crippen molar-refractivity contribution in [3.8, 4) is 0 Å².